The lowest BCUT2D eigenvalue weighted by Crippen LogP contribution is -2.50. The van der Waals surface area contributed by atoms with E-state index in [0.29, 0.717) is 17.7 Å². The monoisotopic (exact) mass is 305 g/mol. The molecule has 1 aromatic carbocycles. The highest BCUT2D eigenvalue weighted by molar-refractivity contribution is 6.18. The largest absolute Gasteiger partial charge is 0.349 e. The molecule has 3 unspecified atom stereocenters. The average Bonchev–Trinajstić information content (AvgIpc) is 3.28. The molecule has 0 bridgehead atoms. The summed E-state index contributed by atoms with van der Waals surface area (Å²) in [5, 5.41) is 3.26. The molecule has 2 aliphatic rings. The van der Waals surface area contributed by atoms with Gasteiger partial charge in [-0.3, -0.25) is 4.79 Å². The first-order chi connectivity index (χ1) is 10.2. The zero-order valence-corrected chi connectivity index (χ0v) is 13.6. The van der Waals surface area contributed by atoms with Crippen LogP contribution in [0.4, 0.5) is 0 Å². The summed E-state index contributed by atoms with van der Waals surface area (Å²) < 4.78 is 0. The van der Waals surface area contributed by atoms with E-state index in [0.717, 1.165) is 25.7 Å². The number of aryl methyl sites for hydroxylation is 1. The Hall–Kier alpha value is -1.02. The second-order valence-corrected chi connectivity index (χ2v) is 6.83. The fourth-order valence-electron chi connectivity index (χ4n) is 3.92. The van der Waals surface area contributed by atoms with Crippen molar-refractivity contribution in [3.05, 3.63) is 35.4 Å². The SMILES string of the molecule is CCC(CC)(CCl)NC(=O)C1C2CCc3ccccc3C21. The normalized spacial score (nSPS) is 26.7. The van der Waals surface area contributed by atoms with Gasteiger partial charge in [0, 0.05) is 11.8 Å². The fraction of sp³-hybridized carbons (Fsp3) is 0.611. The van der Waals surface area contributed by atoms with Crippen LogP contribution in [-0.2, 0) is 11.2 Å². The summed E-state index contributed by atoms with van der Waals surface area (Å²) in [5.41, 5.74) is 2.60. The maximum Gasteiger partial charge on any atom is 0.224 e. The zero-order chi connectivity index (χ0) is 15.0. The van der Waals surface area contributed by atoms with Crippen LogP contribution in [0.1, 0.15) is 50.2 Å². The number of nitrogens with one attached hydrogen (secondary N) is 1. The average molecular weight is 306 g/mol. The maximum absolute atomic E-state index is 12.7. The molecule has 3 heteroatoms. The van der Waals surface area contributed by atoms with Crippen LogP contribution in [0.3, 0.4) is 0 Å². The molecule has 21 heavy (non-hydrogen) atoms. The van der Waals surface area contributed by atoms with Gasteiger partial charge in [-0.15, -0.1) is 11.6 Å². The number of amides is 1. The third-order valence-corrected chi connectivity index (χ3v) is 6.14. The molecule has 1 fully saturated rings. The van der Waals surface area contributed by atoms with Crippen molar-refractivity contribution in [3.8, 4) is 0 Å². The number of halogens is 1. The summed E-state index contributed by atoms with van der Waals surface area (Å²) in [6.07, 6.45) is 4.03. The van der Waals surface area contributed by atoms with E-state index in [-0.39, 0.29) is 17.4 Å². The van der Waals surface area contributed by atoms with Gasteiger partial charge in [-0.2, -0.15) is 0 Å². The molecule has 1 aromatic rings. The molecule has 0 aliphatic heterocycles. The number of carbonyl (C=O) groups is 1. The summed E-state index contributed by atoms with van der Waals surface area (Å²) in [5.74, 6) is 1.85. The van der Waals surface area contributed by atoms with Crippen molar-refractivity contribution in [1.82, 2.24) is 5.32 Å². The first-order valence-corrected chi connectivity index (χ1v) is 8.65. The Bertz CT molecular complexity index is 530. The Morgan fingerprint density at radius 2 is 2.05 bits per heavy atom. The van der Waals surface area contributed by atoms with E-state index in [1.54, 1.807) is 0 Å². The Labute approximate surface area is 132 Å². The number of hydrogen-bond acceptors (Lipinski definition) is 1. The van der Waals surface area contributed by atoms with Crippen molar-refractivity contribution >= 4 is 17.5 Å². The maximum atomic E-state index is 12.7. The van der Waals surface area contributed by atoms with Crippen molar-refractivity contribution in [2.24, 2.45) is 11.8 Å². The van der Waals surface area contributed by atoms with Gasteiger partial charge < -0.3 is 5.32 Å². The molecule has 3 rings (SSSR count). The minimum atomic E-state index is -0.232. The molecule has 1 amide bonds. The quantitative estimate of drug-likeness (QED) is 0.822. The van der Waals surface area contributed by atoms with Crippen LogP contribution in [0.5, 0.6) is 0 Å². The lowest BCUT2D eigenvalue weighted by Gasteiger charge is -2.30. The number of rotatable bonds is 5. The van der Waals surface area contributed by atoms with Gasteiger partial charge in [-0.25, -0.2) is 0 Å². The summed E-state index contributed by atoms with van der Waals surface area (Å²) in [6.45, 7) is 4.20. The van der Waals surface area contributed by atoms with Gasteiger partial charge in [0.05, 0.1) is 5.54 Å². The number of benzene rings is 1. The summed E-state index contributed by atoms with van der Waals surface area (Å²) in [7, 11) is 0. The first-order valence-electron chi connectivity index (χ1n) is 8.11. The van der Waals surface area contributed by atoms with E-state index >= 15 is 0 Å². The van der Waals surface area contributed by atoms with Gasteiger partial charge in [0.25, 0.3) is 0 Å². The first kappa shape index (κ1) is 14.9. The van der Waals surface area contributed by atoms with E-state index in [1.165, 1.54) is 11.1 Å². The Balaban J connectivity index is 1.74. The second-order valence-electron chi connectivity index (χ2n) is 6.56. The van der Waals surface area contributed by atoms with Crippen LogP contribution in [0, 0.1) is 11.8 Å². The number of carbonyl (C=O) groups excluding carboxylic acids is 1. The Morgan fingerprint density at radius 1 is 1.33 bits per heavy atom. The highest BCUT2D eigenvalue weighted by atomic mass is 35.5. The van der Waals surface area contributed by atoms with Crippen LogP contribution in [-0.4, -0.2) is 17.3 Å². The minimum Gasteiger partial charge on any atom is -0.349 e. The third kappa shape index (κ3) is 2.48. The third-order valence-electron chi connectivity index (χ3n) is 5.63. The van der Waals surface area contributed by atoms with Gasteiger partial charge in [0.2, 0.25) is 5.91 Å². The molecular weight excluding hydrogens is 282 g/mol. The molecule has 1 N–H and O–H groups in total. The van der Waals surface area contributed by atoms with Crippen molar-refractivity contribution in [2.45, 2.75) is 51.0 Å². The van der Waals surface area contributed by atoms with Gasteiger partial charge in [-0.05, 0) is 48.6 Å². The van der Waals surface area contributed by atoms with Gasteiger partial charge in [-0.1, -0.05) is 38.1 Å². The van der Waals surface area contributed by atoms with E-state index in [2.05, 4.69) is 43.4 Å². The summed E-state index contributed by atoms with van der Waals surface area (Å²) in [6, 6.07) is 8.60. The molecule has 2 aliphatic carbocycles. The molecule has 1 saturated carbocycles. The van der Waals surface area contributed by atoms with E-state index in [4.69, 9.17) is 11.6 Å². The highest BCUT2D eigenvalue weighted by Gasteiger charge is 2.57. The van der Waals surface area contributed by atoms with Gasteiger partial charge in [0.1, 0.15) is 0 Å². The van der Waals surface area contributed by atoms with Crippen LogP contribution in [0.2, 0.25) is 0 Å². The fourth-order valence-corrected chi connectivity index (χ4v) is 4.36. The summed E-state index contributed by atoms with van der Waals surface area (Å²) >= 11 is 6.11. The molecule has 0 aromatic heterocycles. The van der Waals surface area contributed by atoms with E-state index < -0.39 is 0 Å². The van der Waals surface area contributed by atoms with E-state index in [1.807, 2.05) is 0 Å². The van der Waals surface area contributed by atoms with Crippen LogP contribution in [0.25, 0.3) is 0 Å². The lowest BCUT2D eigenvalue weighted by atomic mass is 9.92. The molecule has 114 valence electrons. The molecular formula is C18H24ClNO. The molecule has 3 atom stereocenters. The number of hydrogen-bond donors (Lipinski definition) is 1. The smallest absolute Gasteiger partial charge is 0.224 e. The Kier molecular flexibility index (Phi) is 4.00. The van der Waals surface area contributed by atoms with Crippen LogP contribution < -0.4 is 5.32 Å². The number of alkyl halides is 1. The minimum absolute atomic E-state index is 0.161. The van der Waals surface area contributed by atoms with Crippen molar-refractivity contribution in [2.75, 3.05) is 5.88 Å². The van der Waals surface area contributed by atoms with Crippen molar-refractivity contribution in [1.29, 1.82) is 0 Å². The molecule has 0 radical (unpaired) electrons. The summed E-state index contributed by atoms with van der Waals surface area (Å²) in [4.78, 5) is 12.7. The predicted octanol–water partition coefficient (Wildman–Crippen LogP) is 3.88. The zero-order valence-electron chi connectivity index (χ0n) is 12.9. The highest BCUT2D eigenvalue weighted by Crippen LogP contribution is 2.59. The molecule has 0 spiro atoms. The Morgan fingerprint density at radius 3 is 2.71 bits per heavy atom. The van der Waals surface area contributed by atoms with Gasteiger partial charge >= 0.3 is 0 Å². The predicted molar refractivity (Wildman–Crippen MR) is 86.7 cm³/mol. The lowest BCUT2D eigenvalue weighted by molar-refractivity contribution is -0.124. The molecule has 0 heterocycles. The van der Waals surface area contributed by atoms with Crippen LogP contribution in [0.15, 0.2) is 24.3 Å². The van der Waals surface area contributed by atoms with Gasteiger partial charge in [0.15, 0.2) is 0 Å². The van der Waals surface area contributed by atoms with Crippen molar-refractivity contribution < 1.29 is 4.79 Å². The standard InChI is InChI=1S/C18H24ClNO/c1-3-18(4-2,11-19)20-17(21)16-14-10-9-12-7-5-6-8-13(12)15(14)16/h5-8,14-16H,3-4,9-11H2,1-2H3,(H,20,21). The van der Waals surface area contributed by atoms with Crippen LogP contribution >= 0.6 is 11.6 Å². The second kappa shape index (κ2) is 5.64. The topological polar surface area (TPSA) is 29.1 Å². The molecule has 2 nitrogen and oxygen atoms in total. The van der Waals surface area contributed by atoms with Crippen molar-refractivity contribution in [3.63, 3.8) is 0 Å². The molecule has 0 saturated heterocycles. The number of fused-ring (bicyclic) bond motifs is 3. The van der Waals surface area contributed by atoms with E-state index in [9.17, 15) is 4.79 Å².